The highest BCUT2D eigenvalue weighted by atomic mass is 35.5. The van der Waals surface area contributed by atoms with Crippen LogP contribution in [0.15, 0.2) is 67.0 Å². The fraction of sp³-hybridized carbons (Fsp3) is 0.0526. The first-order chi connectivity index (χ1) is 12.2. The Labute approximate surface area is 149 Å². The summed E-state index contributed by atoms with van der Waals surface area (Å²) < 4.78 is 7.16. The van der Waals surface area contributed by atoms with E-state index in [2.05, 4.69) is 15.3 Å². The van der Waals surface area contributed by atoms with Crippen molar-refractivity contribution in [3.8, 4) is 17.0 Å². The smallest absolute Gasteiger partial charge is 0.235 e. The minimum Gasteiger partial charge on any atom is -0.497 e. The summed E-state index contributed by atoms with van der Waals surface area (Å²) in [5, 5.41) is 4.12. The van der Waals surface area contributed by atoms with Crippen LogP contribution in [0.3, 0.4) is 0 Å². The minimum atomic E-state index is 0.629. The van der Waals surface area contributed by atoms with Crippen LogP contribution in [-0.2, 0) is 0 Å². The molecule has 5 nitrogen and oxygen atoms in total. The van der Waals surface area contributed by atoms with E-state index in [1.165, 1.54) is 0 Å². The Hall–Kier alpha value is -3.05. The summed E-state index contributed by atoms with van der Waals surface area (Å²) in [6.45, 7) is 0. The number of aromatic nitrogens is 3. The lowest BCUT2D eigenvalue weighted by molar-refractivity contribution is 0.415. The molecule has 25 heavy (non-hydrogen) atoms. The van der Waals surface area contributed by atoms with Crippen molar-refractivity contribution in [2.45, 2.75) is 0 Å². The van der Waals surface area contributed by atoms with Crippen LogP contribution in [0.25, 0.3) is 17.0 Å². The number of ether oxygens (including phenoxy) is 1. The average Bonchev–Trinajstić information content (AvgIpc) is 3.02. The summed E-state index contributed by atoms with van der Waals surface area (Å²) >= 11 is 5.98. The number of anilines is 2. The molecule has 0 atom stereocenters. The van der Waals surface area contributed by atoms with E-state index in [9.17, 15) is 0 Å². The van der Waals surface area contributed by atoms with Crippen LogP contribution in [0.4, 0.5) is 11.5 Å². The normalized spacial score (nSPS) is 10.8. The summed E-state index contributed by atoms with van der Waals surface area (Å²) in [4.78, 5) is 9.02. The zero-order chi connectivity index (χ0) is 17.2. The van der Waals surface area contributed by atoms with Crippen molar-refractivity contribution in [1.29, 1.82) is 0 Å². The van der Waals surface area contributed by atoms with Crippen molar-refractivity contribution < 1.29 is 4.74 Å². The van der Waals surface area contributed by atoms with Crippen LogP contribution in [0.5, 0.6) is 5.75 Å². The summed E-state index contributed by atoms with van der Waals surface area (Å²) in [7, 11) is 1.65. The summed E-state index contributed by atoms with van der Waals surface area (Å²) in [6, 6.07) is 17.2. The van der Waals surface area contributed by atoms with Gasteiger partial charge in [0.25, 0.3) is 0 Å². The van der Waals surface area contributed by atoms with E-state index >= 15 is 0 Å². The first-order valence-electron chi connectivity index (χ1n) is 7.75. The van der Waals surface area contributed by atoms with E-state index in [1.807, 2.05) is 65.2 Å². The van der Waals surface area contributed by atoms with Crippen LogP contribution in [0.2, 0.25) is 5.02 Å². The molecule has 0 spiro atoms. The lowest BCUT2D eigenvalue weighted by Gasteiger charge is -2.09. The first kappa shape index (κ1) is 15.5. The quantitative estimate of drug-likeness (QED) is 0.574. The molecule has 0 saturated carbocycles. The Bertz CT molecular complexity index is 1010. The lowest BCUT2D eigenvalue weighted by atomic mass is 10.1. The molecular formula is C19H15ClN4O. The molecule has 1 N–H and O–H groups in total. The van der Waals surface area contributed by atoms with Crippen LogP contribution < -0.4 is 10.1 Å². The molecule has 0 fully saturated rings. The van der Waals surface area contributed by atoms with Gasteiger partial charge in [0.15, 0.2) is 0 Å². The van der Waals surface area contributed by atoms with Crippen LogP contribution >= 0.6 is 11.6 Å². The topological polar surface area (TPSA) is 51.5 Å². The van der Waals surface area contributed by atoms with E-state index in [1.54, 1.807) is 13.3 Å². The molecule has 2 aromatic carbocycles. The van der Waals surface area contributed by atoms with Gasteiger partial charge in [-0.15, -0.1) is 0 Å². The lowest BCUT2D eigenvalue weighted by Crippen LogP contribution is -1.97. The number of nitrogens with zero attached hydrogens (tertiary/aromatic N) is 3. The minimum absolute atomic E-state index is 0.629. The number of hydrogen-bond acceptors (Lipinski definition) is 4. The van der Waals surface area contributed by atoms with Crippen molar-refractivity contribution in [3.63, 3.8) is 0 Å². The number of imidazole rings is 1. The van der Waals surface area contributed by atoms with Gasteiger partial charge < -0.3 is 10.1 Å². The molecule has 0 radical (unpaired) electrons. The van der Waals surface area contributed by atoms with Gasteiger partial charge in [0.1, 0.15) is 17.3 Å². The molecule has 0 aliphatic rings. The number of methoxy groups -OCH3 is 1. The number of hydrogen-bond donors (Lipinski definition) is 1. The Morgan fingerprint density at radius 1 is 1.04 bits per heavy atom. The van der Waals surface area contributed by atoms with Crippen molar-refractivity contribution in [2.75, 3.05) is 12.4 Å². The summed E-state index contributed by atoms with van der Waals surface area (Å²) in [5.74, 6) is 2.28. The standard InChI is InChI=1S/C19H15ClN4O/c1-25-16-9-3-13(4-10-16)17-18(22-15-7-5-14(20)6-8-15)24-12-2-11-21-19(24)23-17/h2-12,22H,1H3. The number of fused-ring (bicyclic) bond motifs is 1. The van der Waals surface area contributed by atoms with Gasteiger partial charge in [-0.25, -0.2) is 9.97 Å². The third kappa shape index (κ3) is 3.02. The molecule has 124 valence electrons. The predicted molar refractivity (Wildman–Crippen MR) is 99.7 cm³/mol. The molecule has 0 aliphatic carbocycles. The van der Waals surface area contributed by atoms with E-state index < -0.39 is 0 Å². The van der Waals surface area contributed by atoms with Gasteiger partial charge in [-0.2, -0.15) is 0 Å². The second kappa shape index (κ2) is 6.45. The second-order valence-electron chi connectivity index (χ2n) is 5.46. The first-order valence-corrected chi connectivity index (χ1v) is 8.12. The third-order valence-electron chi connectivity index (χ3n) is 3.87. The highest BCUT2D eigenvalue weighted by Crippen LogP contribution is 2.31. The van der Waals surface area contributed by atoms with Gasteiger partial charge in [0, 0.05) is 28.7 Å². The maximum absolute atomic E-state index is 5.98. The third-order valence-corrected chi connectivity index (χ3v) is 4.13. The molecule has 0 unspecified atom stereocenters. The summed E-state index contributed by atoms with van der Waals surface area (Å²) in [6.07, 6.45) is 3.66. The molecule has 6 heteroatoms. The van der Waals surface area contributed by atoms with E-state index in [0.29, 0.717) is 10.8 Å². The number of rotatable bonds is 4. The maximum Gasteiger partial charge on any atom is 0.235 e. The Morgan fingerprint density at radius 3 is 2.52 bits per heavy atom. The Kier molecular flexibility index (Phi) is 3.99. The van der Waals surface area contributed by atoms with Gasteiger partial charge in [0.05, 0.1) is 7.11 Å². The molecule has 4 aromatic rings. The highest BCUT2D eigenvalue weighted by molar-refractivity contribution is 6.30. The zero-order valence-corrected chi connectivity index (χ0v) is 14.2. The number of halogens is 1. The van der Waals surface area contributed by atoms with Crippen LogP contribution in [0, 0.1) is 0 Å². The van der Waals surface area contributed by atoms with Gasteiger partial charge in [-0.1, -0.05) is 11.6 Å². The molecule has 2 heterocycles. The molecule has 0 aliphatic heterocycles. The van der Waals surface area contributed by atoms with E-state index in [4.69, 9.17) is 16.3 Å². The fourth-order valence-electron chi connectivity index (χ4n) is 2.63. The van der Waals surface area contributed by atoms with Crippen LogP contribution in [-0.4, -0.2) is 21.5 Å². The van der Waals surface area contributed by atoms with Crippen molar-refractivity contribution >= 4 is 28.9 Å². The number of benzene rings is 2. The van der Waals surface area contributed by atoms with Gasteiger partial charge in [-0.05, 0) is 54.6 Å². The fourth-order valence-corrected chi connectivity index (χ4v) is 2.75. The van der Waals surface area contributed by atoms with Gasteiger partial charge in [-0.3, -0.25) is 4.40 Å². The monoisotopic (exact) mass is 350 g/mol. The van der Waals surface area contributed by atoms with Crippen molar-refractivity contribution in [3.05, 3.63) is 72.0 Å². The Balaban J connectivity index is 1.83. The predicted octanol–water partition coefficient (Wildman–Crippen LogP) is 4.80. The van der Waals surface area contributed by atoms with E-state index in [-0.39, 0.29) is 0 Å². The largest absolute Gasteiger partial charge is 0.497 e. The summed E-state index contributed by atoms with van der Waals surface area (Å²) in [5.41, 5.74) is 2.71. The SMILES string of the molecule is COc1ccc(-c2nc3ncccn3c2Nc2ccc(Cl)cc2)cc1. The maximum atomic E-state index is 5.98. The average molecular weight is 351 g/mol. The van der Waals surface area contributed by atoms with Crippen molar-refractivity contribution in [2.24, 2.45) is 0 Å². The highest BCUT2D eigenvalue weighted by Gasteiger charge is 2.15. The second-order valence-corrected chi connectivity index (χ2v) is 5.90. The number of nitrogens with one attached hydrogen (secondary N) is 1. The molecule has 2 aromatic heterocycles. The molecular weight excluding hydrogens is 336 g/mol. The van der Waals surface area contributed by atoms with Crippen molar-refractivity contribution in [1.82, 2.24) is 14.4 Å². The Morgan fingerprint density at radius 2 is 1.80 bits per heavy atom. The molecule has 0 saturated heterocycles. The zero-order valence-electron chi connectivity index (χ0n) is 13.5. The van der Waals surface area contributed by atoms with E-state index in [0.717, 1.165) is 28.5 Å². The van der Waals surface area contributed by atoms with Gasteiger partial charge in [0.2, 0.25) is 5.78 Å². The molecule has 4 rings (SSSR count). The van der Waals surface area contributed by atoms with Gasteiger partial charge >= 0.3 is 0 Å². The van der Waals surface area contributed by atoms with Crippen LogP contribution in [0.1, 0.15) is 0 Å². The molecule has 0 bridgehead atoms. The molecule has 0 amide bonds.